The molecule has 0 aliphatic carbocycles. The van der Waals surface area contributed by atoms with Crippen molar-refractivity contribution in [3.63, 3.8) is 0 Å². The zero-order chi connectivity index (χ0) is 15.7. The Kier molecular flexibility index (Phi) is 3.87. The van der Waals surface area contributed by atoms with Gasteiger partial charge in [0.25, 0.3) is 0 Å². The molecule has 1 atom stereocenters. The van der Waals surface area contributed by atoms with Crippen molar-refractivity contribution < 1.29 is 18.1 Å². The highest BCUT2D eigenvalue weighted by Crippen LogP contribution is 2.26. The Bertz CT molecular complexity index is 702. The second-order valence-corrected chi connectivity index (χ2v) is 5.42. The van der Waals surface area contributed by atoms with Crippen LogP contribution in [0.5, 0.6) is 0 Å². The van der Waals surface area contributed by atoms with Gasteiger partial charge in [-0.25, -0.2) is 8.78 Å². The Labute approximate surface area is 125 Å². The number of hydrogen-bond donors (Lipinski definition) is 0. The van der Waals surface area contributed by atoms with Crippen LogP contribution in [0.3, 0.4) is 0 Å². The van der Waals surface area contributed by atoms with Crippen molar-refractivity contribution in [1.29, 1.82) is 0 Å². The molecule has 2 heterocycles. The Balaban J connectivity index is 1.77. The summed E-state index contributed by atoms with van der Waals surface area (Å²) in [6, 6.07) is 3.34. The zero-order valence-corrected chi connectivity index (χ0v) is 12.1. The molecule has 0 radical (unpaired) electrons. The summed E-state index contributed by atoms with van der Waals surface area (Å²) >= 11 is 0. The van der Waals surface area contributed by atoms with Crippen molar-refractivity contribution in [2.75, 3.05) is 13.6 Å². The highest BCUT2D eigenvalue weighted by atomic mass is 19.1. The van der Waals surface area contributed by atoms with Gasteiger partial charge < -0.3 is 9.42 Å². The van der Waals surface area contributed by atoms with E-state index in [0.29, 0.717) is 6.42 Å². The lowest BCUT2D eigenvalue weighted by atomic mass is 9.97. The van der Waals surface area contributed by atoms with Gasteiger partial charge >= 0.3 is 0 Å². The molecule has 116 valence electrons. The Morgan fingerprint density at radius 1 is 1.41 bits per heavy atom. The zero-order valence-electron chi connectivity index (χ0n) is 12.1. The van der Waals surface area contributed by atoms with Crippen molar-refractivity contribution in [2.24, 2.45) is 0 Å². The van der Waals surface area contributed by atoms with Crippen LogP contribution in [0.2, 0.25) is 0 Å². The third-order valence-electron chi connectivity index (χ3n) is 3.81. The van der Waals surface area contributed by atoms with E-state index in [-0.39, 0.29) is 29.6 Å². The third-order valence-corrected chi connectivity index (χ3v) is 3.81. The van der Waals surface area contributed by atoms with Crippen molar-refractivity contribution in [3.8, 4) is 0 Å². The Morgan fingerprint density at radius 2 is 2.23 bits per heavy atom. The Hall–Kier alpha value is -2.31. The Morgan fingerprint density at radius 3 is 3.00 bits per heavy atom. The molecule has 1 aromatic heterocycles. The van der Waals surface area contributed by atoms with Crippen molar-refractivity contribution in [2.45, 2.75) is 25.2 Å². The third kappa shape index (κ3) is 2.84. The topological polar surface area (TPSA) is 59.2 Å². The van der Waals surface area contributed by atoms with E-state index in [4.69, 9.17) is 4.52 Å². The molecule has 1 aromatic carbocycles. The summed E-state index contributed by atoms with van der Waals surface area (Å²) in [6.07, 6.45) is 1.62. The van der Waals surface area contributed by atoms with Gasteiger partial charge in [-0.2, -0.15) is 4.98 Å². The van der Waals surface area contributed by atoms with Crippen LogP contribution in [0.25, 0.3) is 0 Å². The van der Waals surface area contributed by atoms with Crippen LogP contribution in [0.15, 0.2) is 22.7 Å². The summed E-state index contributed by atoms with van der Waals surface area (Å²) in [5.41, 5.74) is 0.279. The maximum absolute atomic E-state index is 13.6. The van der Waals surface area contributed by atoms with E-state index in [2.05, 4.69) is 10.1 Å². The molecule has 0 bridgehead atoms. The van der Waals surface area contributed by atoms with Gasteiger partial charge in [0.05, 0.1) is 0 Å². The standard InChI is InChI=1S/C15H15F2N3O2/c1-20-6-2-3-11(15(20)21)14-18-13(19-22-14)7-9-4-5-10(16)8-12(9)17/h4-5,8,11H,2-3,6-7H2,1H3. The minimum absolute atomic E-state index is 0.0468. The molecule has 22 heavy (non-hydrogen) atoms. The highest BCUT2D eigenvalue weighted by molar-refractivity contribution is 5.83. The van der Waals surface area contributed by atoms with Crippen LogP contribution >= 0.6 is 0 Å². The molecule has 0 saturated carbocycles. The molecule has 0 N–H and O–H groups in total. The molecule has 1 aliphatic heterocycles. The number of halogens is 2. The lowest BCUT2D eigenvalue weighted by Gasteiger charge is -2.26. The number of hydrogen-bond acceptors (Lipinski definition) is 4. The summed E-state index contributed by atoms with van der Waals surface area (Å²) in [5, 5.41) is 3.79. The smallest absolute Gasteiger partial charge is 0.239 e. The molecular formula is C15H15F2N3O2. The van der Waals surface area contributed by atoms with Crippen LogP contribution in [0, 0.1) is 11.6 Å². The first-order chi connectivity index (χ1) is 10.5. The molecule has 7 heteroatoms. The van der Waals surface area contributed by atoms with Crippen LogP contribution in [0.4, 0.5) is 8.78 Å². The van der Waals surface area contributed by atoms with Gasteiger partial charge in [0.2, 0.25) is 11.8 Å². The summed E-state index contributed by atoms with van der Waals surface area (Å²) < 4.78 is 31.7. The number of nitrogens with zero attached hydrogens (tertiary/aromatic N) is 3. The SMILES string of the molecule is CN1CCCC(c2nc(Cc3ccc(F)cc3F)no2)C1=O. The molecule has 1 unspecified atom stereocenters. The highest BCUT2D eigenvalue weighted by Gasteiger charge is 2.32. The lowest BCUT2D eigenvalue weighted by Crippen LogP contribution is -2.37. The van der Waals surface area contributed by atoms with Crippen LogP contribution in [-0.2, 0) is 11.2 Å². The number of likely N-dealkylation sites (tertiary alicyclic amines) is 1. The van der Waals surface area contributed by atoms with E-state index in [0.717, 1.165) is 19.0 Å². The molecule has 1 aliphatic rings. The number of aromatic nitrogens is 2. The normalized spacial score (nSPS) is 18.8. The molecule has 5 nitrogen and oxygen atoms in total. The van der Waals surface area contributed by atoms with E-state index < -0.39 is 17.6 Å². The summed E-state index contributed by atoms with van der Waals surface area (Å²) in [5.74, 6) is -1.23. The van der Waals surface area contributed by atoms with Crippen molar-refractivity contribution >= 4 is 5.91 Å². The van der Waals surface area contributed by atoms with Crippen LogP contribution in [0.1, 0.15) is 36.0 Å². The van der Waals surface area contributed by atoms with Crippen LogP contribution in [-0.4, -0.2) is 34.5 Å². The number of carbonyl (C=O) groups excluding carboxylic acids is 1. The van der Waals surface area contributed by atoms with E-state index in [9.17, 15) is 13.6 Å². The molecule has 1 saturated heterocycles. The number of likely N-dealkylation sites (N-methyl/N-ethyl adjacent to an activating group) is 1. The summed E-state index contributed by atoms with van der Waals surface area (Å²) in [4.78, 5) is 17.9. The second-order valence-electron chi connectivity index (χ2n) is 5.42. The number of rotatable bonds is 3. The van der Waals surface area contributed by atoms with Gasteiger partial charge in [-0.15, -0.1) is 0 Å². The van der Waals surface area contributed by atoms with Crippen LogP contribution < -0.4 is 0 Å². The first-order valence-corrected chi connectivity index (χ1v) is 7.06. The van der Waals surface area contributed by atoms with Gasteiger partial charge in [0.1, 0.15) is 17.6 Å². The largest absolute Gasteiger partial charge is 0.345 e. The fourth-order valence-electron chi connectivity index (χ4n) is 2.58. The van der Waals surface area contributed by atoms with Crippen molar-refractivity contribution in [3.05, 3.63) is 47.1 Å². The van der Waals surface area contributed by atoms with Gasteiger partial charge in [0, 0.05) is 26.1 Å². The maximum Gasteiger partial charge on any atom is 0.239 e. The fraction of sp³-hybridized carbons (Fsp3) is 0.400. The minimum Gasteiger partial charge on any atom is -0.345 e. The van der Waals surface area contributed by atoms with Gasteiger partial charge in [-0.3, -0.25) is 4.79 Å². The van der Waals surface area contributed by atoms with E-state index in [1.54, 1.807) is 11.9 Å². The van der Waals surface area contributed by atoms with Crippen molar-refractivity contribution in [1.82, 2.24) is 15.0 Å². The maximum atomic E-state index is 13.6. The monoisotopic (exact) mass is 307 g/mol. The fourth-order valence-corrected chi connectivity index (χ4v) is 2.58. The molecule has 1 fully saturated rings. The molecule has 3 rings (SSSR count). The number of piperidine rings is 1. The number of amides is 1. The predicted octanol–water partition coefficient (Wildman–Crippen LogP) is 2.27. The van der Waals surface area contributed by atoms with Gasteiger partial charge in [-0.05, 0) is 24.5 Å². The van der Waals surface area contributed by atoms with Gasteiger partial charge in [-0.1, -0.05) is 11.2 Å². The molecule has 2 aromatic rings. The second kappa shape index (κ2) is 5.82. The predicted molar refractivity (Wildman–Crippen MR) is 73.1 cm³/mol. The van der Waals surface area contributed by atoms with E-state index >= 15 is 0 Å². The first kappa shape index (κ1) is 14.6. The summed E-state index contributed by atoms with van der Waals surface area (Å²) in [6.45, 7) is 0.719. The molecule has 0 spiro atoms. The quantitative estimate of drug-likeness (QED) is 0.873. The lowest BCUT2D eigenvalue weighted by molar-refractivity contribution is -0.134. The number of benzene rings is 1. The molecule has 1 amide bonds. The van der Waals surface area contributed by atoms with E-state index in [1.807, 2.05) is 0 Å². The number of carbonyl (C=O) groups is 1. The minimum atomic E-state index is -0.653. The average molecular weight is 307 g/mol. The van der Waals surface area contributed by atoms with Gasteiger partial charge in [0.15, 0.2) is 5.82 Å². The molecular weight excluding hydrogens is 292 g/mol. The average Bonchev–Trinajstić information content (AvgIpc) is 2.93. The summed E-state index contributed by atoms with van der Waals surface area (Å²) in [7, 11) is 1.74. The van der Waals surface area contributed by atoms with E-state index in [1.165, 1.54) is 12.1 Å². The first-order valence-electron chi connectivity index (χ1n) is 7.06.